The van der Waals surface area contributed by atoms with Crippen LogP contribution in [0.5, 0.6) is 0 Å². The summed E-state index contributed by atoms with van der Waals surface area (Å²) in [6, 6.07) is 1.76. The number of nitrogens with zero attached hydrogens (tertiary/aromatic N) is 1. The molecule has 0 amide bonds. The van der Waals surface area contributed by atoms with Crippen LogP contribution in [-0.2, 0) is 0 Å². The second-order valence-corrected chi connectivity index (χ2v) is 5.19. The molecule has 0 saturated carbocycles. The van der Waals surface area contributed by atoms with Gasteiger partial charge in [-0.25, -0.2) is 22.0 Å². The highest BCUT2D eigenvalue weighted by atomic mass is 19.2. The lowest BCUT2D eigenvalue weighted by Gasteiger charge is -2.34. The van der Waals surface area contributed by atoms with Crippen molar-refractivity contribution in [2.75, 3.05) is 26.2 Å². The first-order chi connectivity index (χ1) is 11.0. The molecule has 1 fully saturated rings. The number of benzene rings is 1. The topological polar surface area (TPSA) is 28.4 Å². The van der Waals surface area contributed by atoms with Gasteiger partial charge in [-0.15, -0.1) is 0 Å². The summed E-state index contributed by atoms with van der Waals surface area (Å²) < 4.78 is 73.9. The standard InChI is InChI=1S/C15H13F5N2O/c16-10-9(11(17)13(19)14(20)12(10)18)15(8-2-1-7-23-8)22-5-3-21-4-6-22/h1-2,7,15,21H,3-6H2/t15-/m0/s1. The molecule has 0 spiro atoms. The molecule has 1 aliphatic heterocycles. The maximum Gasteiger partial charge on any atom is 0.200 e. The Labute approximate surface area is 128 Å². The van der Waals surface area contributed by atoms with E-state index in [-0.39, 0.29) is 5.76 Å². The fraction of sp³-hybridized carbons (Fsp3) is 0.333. The van der Waals surface area contributed by atoms with E-state index < -0.39 is 40.7 Å². The zero-order valence-corrected chi connectivity index (χ0v) is 11.9. The van der Waals surface area contributed by atoms with Gasteiger partial charge in [0.1, 0.15) is 5.76 Å². The average Bonchev–Trinajstić information content (AvgIpc) is 3.10. The highest BCUT2D eigenvalue weighted by molar-refractivity contribution is 5.32. The molecule has 1 atom stereocenters. The molecule has 23 heavy (non-hydrogen) atoms. The summed E-state index contributed by atoms with van der Waals surface area (Å²) in [6.45, 7) is 1.83. The smallest absolute Gasteiger partial charge is 0.200 e. The van der Waals surface area contributed by atoms with Gasteiger partial charge in [0.15, 0.2) is 23.3 Å². The SMILES string of the molecule is Fc1c(F)c(F)c([C@H](c2ccco2)N2CCNCC2)c(F)c1F. The Bertz CT molecular complexity index is 669. The monoisotopic (exact) mass is 332 g/mol. The summed E-state index contributed by atoms with van der Waals surface area (Å²) >= 11 is 0. The van der Waals surface area contributed by atoms with Crippen molar-refractivity contribution >= 4 is 0 Å². The lowest BCUT2D eigenvalue weighted by molar-refractivity contribution is 0.170. The largest absolute Gasteiger partial charge is 0.467 e. The Morgan fingerprint density at radius 3 is 2.00 bits per heavy atom. The van der Waals surface area contributed by atoms with Crippen molar-refractivity contribution < 1.29 is 26.4 Å². The first-order valence-electron chi connectivity index (χ1n) is 7.02. The Morgan fingerprint density at radius 2 is 1.48 bits per heavy atom. The van der Waals surface area contributed by atoms with Crippen LogP contribution in [0, 0.1) is 29.1 Å². The first kappa shape index (κ1) is 15.9. The number of piperazine rings is 1. The zero-order valence-electron chi connectivity index (χ0n) is 11.9. The summed E-state index contributed by atoms with van der Waals surface area (Å²) in [4.78, 5) is 1.62. The molecule has 0 aliphatic carbocycles. The third-order valence-corrected chi connectivity index (χ3v) is 3.85. The zero-order chi connectivity index (χ0) is 16.6. The Balaban J connectivity index is 2.18. The summed E-state index contributed by atoms with van der Waals surface area (Å²) in [5, 5.41) is 3.06. The molecule has 124 valence electrons. The van der Waals surface area contributed by atoms with Gasteiger partial charge >= 0.3 is 0 Å². The van der Waals surface area contributed by atoms with Gasteiger partial charge in [-0.1, -0.05) is 0 Å². The lowest BCUT2D eigenvalue weighted by atomic mass is 9.99. The Morgan fingerprint density at radius 1 is 0.913 bits per heavy atom. The fourth-order valence-corrected chi connectivity index (χ4v) is 2.75. The first-order valence-corrected chi connectivity index (χ1v) is 7.02. The Kier molecular flexibility index (Phi) is 4.36. The van der Waals surface area contributed by atoms with Gasteiger partial charge in [-0.05, 0) is 12.1 Å². The fourth-order valence-electron chi connectivity index (χ4n) is 2.75. The average molecular weight is 332 g/mol. The van der Waals surface area contributed by atoms with E-state index in [1.54, 1.807) is 4.90 Å². The summed E-state index contributed by atoms with van der Waals surface area (Å²) in [7, 11) is 0. The second-order valence-electron chi connectivity index (χ2n) is 5.19. The number of halogens is 5. The summed E-state index contributed by atoms with van der Waals surface area (Å²) in [5.41, 5.74) is -0.891. The molecule has 1 N–H and O–H groups in total. The molecule has 0 radical (unpaired) electrons. The van der Waals surface area contributed by atoms with Crippen LogP contribution < -0.4 is 5.32 Å². The van der Waals surface area contributed by atoms with Crippen molar-refractivity contribution in [3.05, 3.63) is 58.8 Å². The van der Waals surface area contributed by atoms with E-state index >= 15 is 0 Å². The maximum absolute atomic E-state index is 14.2. The van der Waals surface area contributed by atoms with Gasteiger partial charge in [-0.2, -0.15) is 0 Å². The lowest BCUT2D eigenvalue weighted by Crippen LogP contribution is -2.45. The predicted octanol–water partition coefficient (Wildman–Crippen LogP) is 2.97. The van der Waals surface area contributed by atoms with E-state index in [9.17, 15) is 22.0 Å². The minimum absolute atomic E-state index is 0.120. The molecular weight excluding hydrogens is 319 g/mol. The summed E-state index contributed by atoms with van der Waals surface area (Å²) in [6.07, 6.45) is 1.29. The molecule has 0 unspecified atom stereocenters. The van der Waals surface area contributed by atoms with E-state index in [2.05, 4.69) is 5.32 Å². The van der Waals surface area contributed by atoms with Gasteiger partial charge in [0.2, 0.25) is 5.82 Å². The van der Waals surface area contributed by atoms with Crippen LogP contribution in [0.15, 0.2) is 22.8 Å². The number of rotatable bonds is 3. The molecule has 1 aromatic heterocycles. The van der Waals surface area contributed by atoms with Crippen LogP contribution in [0.2, 0.25) is 0 Å². The van der Waals surface area contributed by atoms with Crippen LogP contribution in [0.3, 0.4) is 0 Å². The number of hydrogen-bond donors (Lipinski definition) is 1. The third kappa shape index (κ3) is 2.72. The van der Waals surface area contributed by atoms with Crippen LogP contribution in [0.25, 0.3) is 0 Å². The van der Waals surface area contributed by atoms with Gasteiger partial charge in [0.05, 0.1) is 17.9 Å². The normalized spacial score (nSPS) is 17.4. The molecule has 1 aliphatic rings. The summed E-state index contributed by atoms with van der Waals surface area (Å²) in [5.74, 6) is -9.61. The minimum atomic E-state index is -2.16. The number of nitrogens with one attached hydrogen (secondary N) is 1. The minimum Gasteiger partial charge on any atom is -0.467 e. The predicted molar refractivity (Wildman–Crippen MR) is 71.2 cm³/mol. The van der Waals surface area contributed by atoms with E-state index in [0.717, 1.165) is 0 Å². The number of hydrogen-bond acceptors (Lipinski definition) is 3. The van der Waals surface area contributed by atoms with E-state index in [1.807, 2.05) is 0 Å². The van der Waals surface area contributed by atoms with Crippen LogP contribution in [0.4, 0.5) is 22.0 Å². The van der Waals surface area contributed by atoms with Gasteiger partial charge in [0, 0.05) is 26.2 Å². The second kappa shape index (κ2) is 6.29. The van der Waals surface area contributed by atoms with Crippen molar-refractivity contribution in [2.24, 2.45) is 0 Å². The highest BCUT2D eigenvalue weighted by Crippen LogP contribution is 2.35. The van der Waals surface area contributed by atoms with Crippen molar-refractivity contribution in [3.63, 3.8) is 0 Å². The van der Waals surface area contributed by atoms with Crippen LogP contribution in [-0.4, -0.2) is 31.1 Å². The van der Waals surface area contributed by atoms with Crippen molar-refractivity contribution in [1.29, 1.82) is 0 Å². The van der Waals surface area contributed by atoms with Gasteiger partial charge < -0.3 is 9.73 Å². The van der Waals surface area contributed by atoms with Crippen molar-refractivity contribution in [3.8, 4) is 0 Å². The molecule has 1 saturated heterocycles. The molecule has 3 nitrogen and oxygen atoms in total. The third-order valence-electron chi connectivity index (χ3n) is 3.85. The van der Waals surface area contributed by atoms with E-state index in [1.165, 1.54) is 18.4 Å². The van der Waals surface area contributed by atoms with Gasteiger partial charge in [-0.3, -0.25) is 4.90 Å². The molecule has 2 heterocycles. The number of furan rings is 1. The molecule has 8 heteroatoms. The van der Waals surface area contributed by atoms with Gasteiger partial charge in [0.25, 0.3) is 0 Å². The molecule has 1 aromatic carbocycles. The molecule has 0 bridgehead atoms. The van der Waals surface area contributed by atoms with E-state index in [0.29, 0.717) is 26.2 Å². The Hall–Kier alpha value is -1.93. The quantitative estimate of drug-likeness (QED) is 0.532. The highest BCUT2D eigenvalue weighted by Gasteiger charge is 2.36. The van der Waals surface area contributed by atoms with Crippen LogP contribution in [0.1, 0.15) is 17.4 Å². The molecule has 3 rings (SSSR count). The van der Waals surface area contributed by atoms with Crippen molar-refractivity contribution in [2.45, 2.75) is 6.04 Å². The molecule has 2 aromatic rings. The van der Waals surface area contributed by atoms with E-state index in [4.69, 9.17) is 4.42 Å². The maximum atomic E-state index is 14.2. The van der Waals surface area contributed by atoms with Crippen LogP contribution >= 0.6 is 0 Å². The van der Waals surface area contributed by atoms with Crippen molar-refractivity contribution in [1.82, 2.24) is 10.2 Å². The molecular formula is C15H13F5N2O.